The lowest BCUT2D eigenvalue weighted by molar-refractivity contribution is -0.157. The number of aryl methyl sites for hydroxylation is 1. The summed E-state index contributed by atoms with van der Waals surface area (Å²) < 4.78 is 15.8. The zero-order valence-corrected chi connectivity index (χ0v) is 23.6. The highest BCUT2D eigenvalue weighted by Crippen LogP contribution is 2.24. The number of amides is 2. The van der Waals surface area contributed by atoms with Crippen LogP contribution in [-0.4, -0.2) is 68.2 Å². The van der Waals surface area contributed by atoms with Crippen LogP contribution >= 0.6 is 0 Å². The standard InChI is InChI=1S/C26H41N3O9/c1-24(2,3)36-21(33)17(28-22(34)37-25(4,5)6)11-10-15-13-27-14-19(30)16(15)12-18(20(31)32)29-23(35)38-26(7,8)9/h13-14,17-18,30H,10-12H2,1-9H3,(H,28,34)(H,29,35)(H,31,32). The molecule has 0 bridgehead atoms. The van der Waals surface area contributed by atoms with Gasteiger partial charge in [-0.1, -0.05) is 0 Å². The van der Waals surface area contributed by atoms with Gasteiger partial charge in [-0.25, -0.2) is 19.2 Å². The molecule has 2 unspecified atom stereocenters. The number of hydrogen-bond donors (Lipinski definition) is 4. The number of hydrogen-bond acceptors (Lipinski definition) is 9. The molecule has 0 saturated heterocycles. The van der Waals surface area contributed by atoms with Crippen molar-refractivity contribution in [1.82, 2.24) is 15.6 Å². The zero-order chi connectivity index (χ0) is 29.5. The topological polar surface area (TPSA) is 173 Å². The largest absolute Gasteiger partial charge is 0.506 e. The predicted molar refractivity (Wildman–Crippen MR) is 138 cm³/mol. The van der Waals surface area contributed by atoms with E-state index in [1.165, 1.54) is 6.20 Å². The number of aromatic nitrogens is 1. The van der Waals surface area contributed by atoms with Gasteiger partial charge in [-0.15, -0.1) is 0 Å². The fraction of sp³-hybridized carbons (Fsp3) is 0.654. The van der Waals surface area contributed by atoms with Crippen molar-refractivity contribution in [2.24, 2.45) is 0 Å². The fourth-order valence-electron chi connectivity index (χ4n) is 3.19. The molecule has 0 aliphatic heterocycles. The van der Waals surface area contributed by atoms with Gasteiger partial charge in [-0.2, -0.15) is 0 Å². The van der Waals surface area contributed by atoms with Gasteiger partial charge in [0.05, 0.1) is 6.20 Å². The van der Waals surface area contributed by atoms with E-state index in [1.54, 1.807) is 62.3 Å². The first kappa shape index (κ1) is 32.5. The SMILES string of the molecule is CC(C)(C)OC(=O)NC(Cc1c(O)cncc1CCC(NC(=O)OC(C)(C)C)C(=O)OC(C)(C)C)C(=O)O. The number of esters is 1. The minimum absolute atomic E-state index is 0.0313. The molecular weight excluding hydrogens is 498 g/mol. The summed E-state index contributed by atoms with van der Waals surface area (Å²) in [4.78, 5) is 53.2. The summed E-state index contributed by atoms with van der Waals surface area (Å²) in [6.07, 6.45) is 0.686. The van der Waals surface area contributed by atoms with E-state index in [-0.39, 0.29) is 30.6 Å². The van der Waals surface area contributed by atoms with Gasteiger partial charge in [0.15, 0.2) is 0 Å². The maximum absolute atomic E-state index is 12.8. The number of pyridine rings is 1. The van der Waals surface area contributed by atoms with Gasteiger partial charge in [-0.3, -0.25) is 4.98 Å². The quantitative estimate of drug-likeness (QED) is 0.269. The summed E-state index contributed by atoms with van der Waals surface area (Å²) in [5.41, 5.74) is -1.82. The Balaban J connectivity index is 3.16. The highest BCUT2D eigenvalue weighted by atomic mass is 16.6. The highest BCUT2D eigenvalue weighted by Gasteiger charge is 2.30. The van der Waals surface area contributed by atoms with Crippen molar-refractivity contribution in [3.63, 3.8) is 0 Å². The normalized spacial score (nSPS) is 13.6. The Morgan fingerprint density at radius 2 is 1.29 bits per heavy atom. The number of carbonyl (C=O) groups excluding carboxylic acids is 3. The van der Waals surface area contributed by atoms with Gasteiger partial charge < -0.3 is 35.1 Å². The summed E-state index contributed by atoms with van der Waals surface area (Å²) in [6.45, 7) is 15.0. The molecule has 0 saturated carbocycles. The second-order valence-corrected chi connectivity index (χ2v) is 11.8. The number of nitrogens with one attached hydrogen (secondary N) is 2. The molecule has 214 valence electrons. The molecule has 38 heavy (non-hydrogen) atoms. The van der Waals surface area contributed by atoms with E-state index in [4.69, 9.17) is 14.2 Å². The van der Waals surface area contributed by atoms with Crippen molar-refractivity contribution in [2.45, 2.75) is 110 Å². The van der Waals surface area contributed by atoms with Crippen molar-refractivity contribution in [2.75, 3.05) is 0 Å². The minimum Gasteiger partial charge on any atom is -0.506 e. The molecule has 1 aromatic rings. The lowest BCUT2D eigenvalue weighted by Crippen LogP contribution is -2.46. The summed E-state index contributed by atoms with van der Waals surface area (Å²) >= 11 is 0. The van der Waals surface area contributed by atoms with Gasteiger partial charge >= 0.3 is 24.1 Å². The molecule has 12 nitrogen and oxygen atoms in total. The molecule has 4 N–H and O–H groups in total. The van der Waals surface area contributed by atoms with Crippen LogP contribution in [0.1, 0.15) is 79.9 Å². The predicted octanol–water partition coefficient (Wildman–Crippen LogP) is 3.48. The zero-order valence-electron chi connectivity index (χ0n) is 23.6. The number of aliphatic carboxylic acids is 1. The lowest BCUT2D eigenvalue weighted by Gasteiger charge is -2.26. The van der Waals surface area contributed by atoms with E-state index in [0.29, 0.717) is 5.56 Å². The summed E-state index contributed by atoms with van der Waals surface area (Å²) in [5, 5.41) is 24.9. The van der Waals surface area contributed by atoms with Crippen LogP contribution < -0.4 is 10.6 Å². The van der Waals surface area contributed by atoms with E-state index >= 15 is 0 Å². The van der Waals surface area contributed by atoms with E-state index in [9.17, 15) is 29.4 Å². The van der Waals surface area contributed by atoms with Crippen molar-refractivity contribution in [1.29, 1.82) is 0 Å². The third-order valence-corrected chi connectivity index (χ3v) is 4.61. The van der Waals surface area contributed by atoms with E-state index in [0.717, 1.165) is 6.20 Å². The van der Waals surface area contributed by atoms with Crippen LogP contribution in [0.4, 0.5) is 9.59 Å². The molecule has 1 aromatic heterocycles. The average Bonchev–Trinajstić information content (AvgIpc) is 2.68. The van der Waals surface area contributed by atoms with Crippen LogP contribution in [0.5, 0.6) is 5.75 Å². The maximum atomic E-state index is 12.8. The number of carbonyl (C=O) groups is 4. The Morgan fingerprint density at radius 3 is 1.74 bits per heavy atom. The summed E-state index contributed by atoms with van der Waals surface area (Å²) in [7, 11) is 0. The van der Waals surface area contributed by atoms with Crippen LogP contribution in [0.15, 0.2) is 12.4 Å². The first-order chi connectivity index (χ1) is 17.2. The molecule has 0 spiro atoms. The number of rotatable bonds is 9. The molecule has 1 rings (SSSR count). The van der Waals surface area contributed by atoms with Gasteiger partial charge in [0.25, 0.3) is 0 Å². The third-order valence-electron chi connectivity index (χ3n) is 4.61. The Bertz CT molecular complexity index is 1000. The molecule has 0 aliphatic carbocycles. The minimum atomic E-state index is -1.42. The summed E-state index contributed by atoms with van der Waals surface area (Å²) in [6, 6.07) is -2.52. The average molecular weight is 540 g/mol. The maximum Gasteiger partial charge on any atom is 0.408 e. The molecule has 2 amide bonds. The van der Waals surface area contributed by atoms with Crippen molar-refractivity contribution in [3.05, 3.63) is 23.5 Å². The monoisotopic (exact) mass is 539 g/mol. The number of carboxylic acid groups (broad SMARTS) is 1. The Kier molecular flexibility index (Phi) is 10.9. The molecule has 0 fully saturated rings. The van der Waals surface area contributed by atoms with Gasteiger partial charge in [0, 0.05) is 18.2 Å². The molecule has 1 heterocycles. The smallest absolute Gasteiger partial charge is 0.408 e. The third kappa shape index (κ3) is 12.6. The first-order valence-corrected chi connectivity index (χ1v) is 12.3. The van der Waals surface area contributed by atoms with E-state index in [2.05, 4.69) is 15.6 Å². The van der Waals surface area contributed by atoms with Gasteiger partial charge in [0.2, 0.25) is 0 Å². The van der Waals surface area contributed by atoms with E-state index < -0.39 is 53.0 Å². The number of nitrogens with zero attached hydrogens (tertiary/aromatic N) is 1. The highest BCUT2D eigenvalue weighted by molar-refractivity contribution is 5.82. The Hall–Kier alpha value is -3.57. The number of ether oxygens (including phenoxy) is 3. The van der Waals surface area contributed by atoms with Crippen LogP contribution in [0.3, 0.4) is 0 Å². The molecular formula is C26H41N3O9. The second kappa shape index (κ2) is 12.8. The lowest BCUT2D eigenvalue weighted by atomic mass is 9.96. The Labute approximate surface area is 223 Å². The van der Waals surface area contributed by atoms with E-state index in [1.807, 2.05) is 0 Å². The van der Waals surface area contributed by atoms with Crippen molar-refractivity contribution in [3.8, 4) is 5.75 Å². The summed E-state index contributed by atoms with van der Waals surface area (Å²) in [5.74, 6) is -2.31. The van der Waals surface area contributed by atoms with Crippen LogP contribution in [0, 0.1) is 0 Å². The van der Waals surface area contributed by atoms with Crippen LogP contribution in [0.25, 0.3) is 0 Å². The molecule has 0 radical (unpaired) electrons. The molecule has 12 heteroatoms. The Morgan fingerprint density at radius 1 is 0.816 bits per heavy atom. The molecule has 2 atom stereocenters. The molecule has 0 aliphatic rings. The van der Waals surface area contributed by atoms with Crippen molar-refractivity contribution < 1.29 is 43.6 Å². The first-order valence-electron chi connectivity index (χ1n) is 12.3. The van der Waals surface area contributed by atoms with Gasteiger partial charge in [-0.05, 0) is 80.7 Å². The number of alkyl carbamates (subject to hydrolysis) is 2. The van der Waals surface area contributed by atoms with Crippen LogP contribution in [0.2, 0.25) is 0 Å². The fourth-order valence-corrected chi connectivity index (χ4v) is 3.19. The number of aromatic hydroxyl groups is 1. The number of carboxylic acids is 1. The van der Waals surface area contributed by atoms with Crippen molar-refractivity contribution >= 4 is 24.1 Å². The molecule has 0 aromatic carbocycles. The van der Waals surface area contributed by atoms with Gasteiger partial charge in [0.1, 0.15) is 34.6 Å². The van der Waals surface area contributed by atoms with Crippen LogP contribution in [-0.2, 0) is 36.6 Å². The second-order valence-electron chi connectivity index (χ2n) is 11.8.